The van der Waals surface area contributed by atoms with Gasteiger partial charge in [-0.05, 0) is 104 Å². The number of hydrogen-bond donors (Lipinski definition) is 0. The lowest BCUT2D eigenvalue weighted by molar-refractivity contribution is 0.443. The molecule has 5 nitrogen and oxygen atoms in total. The largest absolute Gasteiger partial charge is 0.457 e. The molecule has 0 unspecified atom stereocenters. The number of fused-ring (bicyclic) bond motifs is 3. The van der Waals surface area contributed by atoms with Gasteiger partial charge in [0.05, 0.1) is 28.1 Å². The number of pyridine rings is 1. The highest BCUT2D eigenvalue weighted by Gasteiger charge is 2.33. The molecule has 3 aromatic heterocycles. The zero-order valence-electron chi connectivity index (χ0n) is 29.7. The highest BCUT2D eigenvalue weighted by Crippen LogP contribution is 2.45. The number of rotatable bonds is 8. The zero-order valence-corrected chi connectivity index (χ0v) is 29.7. The summed E-state index contributed by atoms with van der Waals surface area (Å²) in [6, 6.07) is 25.8. The molecular formula is C43H48N4O. The number of ether oxygens (including phenoxy) is 1. The number of benzene rings is 3. The third kappa shape index (κ3) is 5.63. The molecule has 48 heavy (non-hydrogen) atoms. The van der Waals surface area contributed by atoms with Crippen LogP contribution in [-0.4, -0.2) is 19.3 Å². The molecule has 0 spiro atoms. The van der Waals surface area contributed by atoms with Gasteiger partial charge in [0.15, 0.2) is 0 Å². The van der Waals surface area contributed by atoms with Gasteiger partial charge in [0, 0.05) is 40.6 Å². The van der Waals surface area contributed by atoms with Crippen molar-refractivity contribution in [3.63, 3.8) is 0 Å². The molecule has 0 radical (unpaired) electrons. The second-order valence-corrected chi connectivity index (χ2v) is 14.4. The quantitative estimate of drug-likeness (QED) is 0.156. The van der Waals surface area contributed by atoms with E-state index in [4.69, 9.17) is 14.8 Å². The van der Waals surface area contributed by atoms with Gasteiger partial charge < -0.3 is 4.74 Å². The fourth-order valence-corrected chi connectivity index (χ4v) is 7.85. The van der Waals surface area contributed by atoms with Crippen LogP contribution in [0.3, 0.4) is 0 Å². The Kier molecular flexibility index (Phi) is 8.49. The molecule has 0 amide bonds. The lowest BCUT2D eigenvalue weighted by Crippen LogP contribution is -2.18. The van der Waals surface area contributed by atoms with Crippen molar-refractivity contribution in [1.29, 1.82) is 0 Å². The molecular weight excluding hydrogens is 589 g/mol. The Balaban J connectivity index is 1.35. The van der Waals surface area contributed by atoms with Gasteiger partial charge in [-0.25, -0.2) is 9.67 Å². The molecule has 3 heterocycles. The van der Waals surface area contributed by atoms with Crippen molar-refractivity contribution in [1.82, 2.24) is 19.3 Å². The van der Waals surface area contributed by atoms with Crippen LogP contribution in [0.1, 0.15) is 107 Å². The van der Waals surface area contributed by atoms with Crippen molar-refractivity contribution in [2.45, 2.75) is 92.4 Å². The van der Waals surface area contributed by atoms with E-state index in [-0.39, 0.29) is 0 Å². The van der Waals surface area contributed by atoms with Crippen molar-refractivity contribution in [3.05, 3.63) is 119 Å². The molecule has 5 heteroatoms. The Bertz CT molecular complexity index is 2160. The van der Waals surface area contributed by atoms with Gasteiger partial charge >= 0.3 is 0 Å². The summed E-state index contributed by atoms with van der Waals surface area (Å²) in [7, 11) is 0. The number of para-hydroxylation sites is 1. The summed E-state index contributed by atoms with van der Waals surface area (Å²) in [5, 5.41) is 7.79. The second-order valence-electron chi connectivity index (χ2n) is 14.4. The van der Waals surface area contributed by atoms with E-state index < -0.39 is 0 Å². The monoisotopic (exact) mass is 636 g/mol. The van der Waals surface area contributed by atoms with E-state index in [0.29, 0.717) is 23.7 Å². The fourth-order valence-electron chi connectivity index (χ4n) is 7.85. The van der Waals surface area contributed by atoms with E-state index in [2.05, 4.69) is 137 Å². The van der Waals surface area contributed by atoms with E-state index in [9.17, 15) is 0 Å². The summed E-state index contributed by atoms with van der Waals surface area (Å²) in [4.78, 5) is 4.76. The highest BCUT2D eigenvalue weighted by molar-refractivity contribution is 6.09. The van der Waals surface area contributed by atoms with Crippen LogP contribution in [0.25, 0.3) is 33.3 Å². The number of aryl methyl sites for hydroxylation is 2. The van der Waals surface area contributed by atoms with Crippen molar-refractivity contribution >= 4 is 21.8 Å². The summed E-state index contributed by atoms with van der Waals surface area (Å²) < 4.78 is 11.2. The Morgan fingerprint density at radius 1 is 0.854 bits per heavy atom. The molecule has 1 aliphatic carbocycles. The van der Waals surface area contributed by atoms with E-state index >= 15 is 0 Å². The van der Waals surface area contributed by atoms with Gasteiger partial charge in [-0.15, -0.1) is 0 Å². The topological polar surface area (TPSA) is 44.9 Å². The van der Waals surface area contributed by atoms with Crippen molar-refractivity contribution in [2.24, 2.45) is 5.92 Å². The first kappa shape index (κ1) is 31.9. The summed E-state index contributed by atoms with van der Waals surface area (Å²) in [6.45, 7) is 18.2. The van der Waals surface area contributed by atoms with Gasteiger partial charge in [0.25, 0.3) is 0 Å². The van der Waals surface area contributed by atoms with Crippen LogP contribution in [0.5, 0.6) is 11.5 Å². The maximum absolute atomic E-state index is 6.75. The molecule has 6 aromatic rings. The minimum absolute atomic E-state index is 0.316. The molecule has 2 atom stereocenters. The predicted octanol–water partition coefficient (Wildman–Crippen LogP) is 11.7. The highest BCUT2D eigenvalue weighted by atomic mass is 16.5. The number of allylic oxidation sites excluding steroid dienone is 2. The maximum Gasteiger partial charge on any atom is 0.137 e. The standard InChI is InChI=1S/C43H48N4O/c1-9-31-22-32(47-43(27(4)5)41(42(45-47)26(2)3)40-29(7)13-12-14-30(40)8)24-34(23-31)48-33-17-18-36-35-15-10-11-16-37(35)46(38(36)25-33)39-21-28(6)19-20-44-39/h10-11,13,15-27,30,40H,9,12,14H2,1-8H3/t30-,40+/m0/s1. The normalized spacial score (nSPS) is 16.8. The summed E-state index contributed by atoms with van der Waals surface area (Å²) in [5.74, 6) is 4.15. The van der Waals surface area contributed by atoms with Crippen LogP contribution in [0.4, 0.5) is 0 Å². The molecule has 0 saturated heterocycles. The van der Waals surface area contributed by atoms with Gasteiger partial charge in [0.2, 0.25) is 0 Å². The minimum atomic E-state index is 0.316. The molecule has 3 aromatic carbocycles. The Labute approximate surface area is 285 Å². The average Bonchev–Trinajstić information content (AvgIpc) is 3.61. The first-order chi connectivity index (χ1) is 23.1. The Morgan fingerprint density at radius 3 is 2.38 bits per heavy atom. The number of hydrogen-bond acceptors (Lipinski definition) is 3. The lowest BCUT2D eigenvalue weighted by atomic mass is 9.73. The van der Waals surface area contributed by atoms with Gasteiger partial charge in [-0.2, -0.15) is 5.10 Å². The molecule has 0 bridgehead atoms. The van der Waals surface area contributed by atoms with E-state index in [0.717, 1.165) is 40.5 Å². The maximum atomic E-state index is 6.75. The van der Waals surface area contributed by atoms with Crippen LogP contribution in [0.2, 0.25) is 0 Å². The predicted molar refractivity (Wildman–Crippen MR) is 199 cm³/mol. The zero-order chi connectivity index (χ0) is 33.7. The fraction of sp³-hybridized carbons (Fsp3) is 0.349. The SMILES string of the molecule is CCc1cc(Oc2ccc3c4ccccc4n(-c4cc(C)ccn4)c3c2)cc(-n2nc(C(C)C)c([C@@H]3C(C)=CCC[C@@H]3C)c2C(C)C)c1. The smallest absolute Gasteiger partial charge is 0.137 e. The van der Waals surface area contributed by atoms with Crippen molar-refractivity contribution in [2.75, 3.05) is 0 Å². The minimum Gasteiger partial charge on any atom is -0.457 e. The van der Waals surface area contributed by atoms with Crippen LogP contribution in [0.15, 0.2) is 90.6 Å². The molecule has 246 valence electrons. The van der Waals surface area contributed by atoms with Crippen molar-refractivity contribution < 1.29 is 4.74 Å². The number of nitrogens with zero attached hydrogens (tertiary/aromatic N) is 4. The second kappa shape index (κ2) is 12.8. The van der Waals surface area contributed by atoms with Crippen LogP contribution < -0.4 is 4.74 Å². The van der Waals surface area contributed by atoms with Gasteiger partial charge in [-0.1, -0.05) is 71.4 Å². The van der Waals surface area contributed by atoms with Gasteiger partial charge in [-0.3, -0.25) is 4.57 Å². The third-order valence-corrected chi connectivity index (χ3v) is 10.2. The molecule has 0 N–H and O–H groups in total. The molecule has 7 rings (SSSR count). The van der Waals surface area contributed by atoms with Gasteiger partial charge in [0.1, 0.15) is 17.3 Å². The summed E-state index contributed by atoms with van der Waals surface area (Å²) in [5.41, 5.74) is 11.1. The summed E-state index contributed by atoms with van der Waals surface area (Å²) >= 11 is 0. The molecule has 1 aliphatic rings. The third-order valence-electron chi connectivity index (χ3n) is 10.2. The number of aromatic nitrogens is 4. The molecule has 0 fully saturated rings. The van der Waals surface area contributed by atoms with Crippen LogP contribution in [0, 0.1) is 12.8 Å². The average molecular weight is 637 g/mol. The summed E-state index contributed by atoms with van der Waals surface area (Å²) in [6.07, 6.45) is 7.62. The van der Waals surface area contributed by atoms with Crippen molar-refractivity contribution in [3.8, 4) is 23.0 Å². The van der Waals surface area contributed by atoms with E-state index in [1.165, 1.54) is 57.3 Å². The van der Waals surface area contributed by atoms with Crippen LogP contribution in [-0.2, 0) is 6.42 Å². The van der Waals surface area contributed by atoms with Crippen LogP contribution >= 0.6 is 0 Å². The molecule has 0 aliphatic heterocycles. The van der Waals surface area contributed by atoms with E-state index in [1.54, 1.807) is 0 Å². The lowest BCUT2D eigenvalue weighted by Gasteiger charge is -2.31. The first-order valence-corrected chi connectivity index (χ1v) is 17.7. The Morgan fingerprint density at radius 2 is 1.65 bits per heavy atom. The Hall–Kier alpha value is -4.64. The van der Waals surface area contributed by atoms with E-state index in [1.807, 2.05) is 12.3 Å². The first-order valence-electron chi connectivity index (χ1n) is 17.7. The molecule has 0 saturated carbocycles.